The zero-order valence-corrected chi connectivity index (χ0v) is 8.47. The Morgan fingerprint density at radius 2 is 2.08 bits per heavy atom. The lowest BCUT2D eigenvalue weighted by Crippen LogP contribution is -2.30. The normalized spacial score (nSPS) is 39.0. The quantitative estimate of drug-likeness (QED) is 0.694. The van der Waals surface area contributed by atoms with Crippen molar-refractivity contribution in [1.82, 2.24) is 5.32 Å². The molecule has 1 saturated heterocycles. The maximum absolute atomic E-state index is 5.55. The van der Waals surface area contributed by atoms with Gasteiger partial charge in [-0.05, 0) is 50.6 Å². The van der Waals surface area contributed by atoms with Crippen molar-refractivity contribution in [2.45, 2.75) is 44.6 Å². The highest BCUT2D eigenvalue weighted by Gasteiger charge is 2.36. The smallest absolute Gasteiger partial charge is 0.00985 e. The van der Waals surface area contributed by atoms with Crippen molar-refractivity contribution < 1.29 is 0 Å². The van der Waals surface area contributed by atoms with E-state index in [0.29, 0.717) is 0 Å². The fourth-order valence-electron chi connectivity index (χ4n) is 3.13. The van der Waals surface area contributed by atoms with Gasteiger partial charge < -0.3 is 11.1 Å². The molecular formula is C11H22N2. The molecule has 0 aromatic rings. The van der Waals surface area contributed by atoms with Gasteiger partial charge in [0.25, 0.3) is 0 Å². The highest BCUT2D eigenvalue weighted by Crippen LogP contribution is 2.36. The zero-order chi connectivity index (χ0) is 9.10. The lowest BCUT2D eigenvalue weighted by molar-refractivity contribution is 0.263. The van der Waals surface area contributed by atoms with Crippen molar-refractivity contribution in [2.24, 2.45) is 17.6 Å². The summed E-state index contributed by atoms with van der Waals surface area (Å²) in [5.74, 6) is 1.93. The van der Waals surface area contributed by atoms with Gasteiger partial charge in [0, 0.05) is 6.04 Å². The molecule has 0 bridgehead atoms. The van der Waals surface area contributed by atoms with Crippen LogP contribution in [0.2, 0.25) is 0 Å². The molecule has 0 aromatic heterocycles. The molecule has 2 fully saturated rings. The van der Waals surface area contributed by atoms with Crippen molar-refractivity contribution in [2.75, 3.05) is 13.1 Å². The molecule has 0 spiro atoms. The van der Waals surface area contributed by atoms with E-state index in [1.807, 2.05) is 0 Å². The number of fused-ring (bicyclic) bond motifs is 1. The largest absolute Gasteiger partial charge is 0.330 e. The topological polar surface area (TPSA) is 38.0 Å². The van der Waals surface area contributed by atoms with Crippen LogP contribution in [-0.2, 0) is 0 Å². The van der Waals surface area contributed by atoms with Crippen LogP contribution >= 0.6 is 0 Å². The van der Waals surface area contributed by atoms with E-state index in [9.17, 15) is 0 Å². The minimum Gasteiger partial charge on any atom is -0.330 e. The van der Waals surface area contributed by atoms with Gasteiger partial charge in [-0.1, -0.05) is 12.8 Å². The summed E-state index contributed by atoms with van der Waals surface area (Å²) in [6, 6.07) is 0.858. The lowest BCUT2D eigenvalue weighted by atomic mass is 9.78. The van der Waals surface area contributed by atoms with Gasteiger partial charge in [-0.3, -0.25) is 0 Å². The second-order valence-corrected chi connectivity index (χ2v) is 4.65. The van der Waals surface area contributed by atoms with Gasteiger partial charge in [-0.15, -0.1) is 0 Å². The molecule has 3 unspecified atom stereocenters. The molecule has 13 heavy (non-hydrogen) atoms. The molecule has 0 radical (unpaired) electrons. The van der Waals surface area contributed by atoms with Crippen LogP contribution in [0.1, 0.15) is 38.5 Å². The van der Waals surface area contributed by atoms with E-state index in [0.717, 1.165) is 24.4 Å². The van der Waals surface area contributed by atoms with Crippen LogP contribution in [0.3, 0.4) is 0 Å². The molecule has 2 nitrogen and oxygen atoms in total. The summed E-state index contributed by atoms with van der Waals surface area (Å²) in [5, 5.41) is 3.68. The third-order valence-electron chi connectivity index (χ3n) is 3.85. The van der Waals surface area contributed by atoms with Crippen LogP contribution in [0, 0.1) is 11.8 Å². The van der Waals surface area contributed by atoms with Gasteiger partial charge in [0.05, 0.1) is 0 Å². The van der Waals surface area contributed by atoms with Crippen LogP contribution in [0.25, 0.3) is 0 Å². The van der Waals surface area contributed by atoms with Crippen molar-refractivity contribution in [3.63, 3.8) is 0 Å². The Balaban J connectivity index is 1.84. The summed E-state index contributed by atoms with van der Waals surface area (Å²) in [6.07, 6.45) is 8.36. The van der Waals surface area contributed by atoms with E-state index in [-0.39, 0.29) is 0 Å². The number of hydrogen-bond acceptors (Lipinski definition) is 2. The Morgan fingerprint density at radius 1 is 1.23 bits per heavy atom. The molecule has 1 saturated carbocycles. The van der Waals surface area contributed by atoms with Gasteiger partial charge in [0.15, 0.2) is 0 Å². The molecule has 1 heterocycles. The van der Waals surface area contributed by atoms with E-state index >= 15 is 0 Å². The van der Waals surface area contributed by atoms with Crippen molar-refractivity contribution in [3.8, 4) is 0 Å². The maximum atomic E-state index is 5.55. The van der Waals surface area contributed by atoms with Crippen LogP contribution in [0.5, 0.6) is 0 Å². The van der Waals surface area contributed by atoms with E-state index in [2.05, 4.69) is 5.32 Å². The van der Waals surface area contributed by atoms with Crippen molar-refractivity contribution in [3.05, 3.63) is 0 Å². The Morgan fingerprint density at radius 3 is 2.92 bits per heavy atom. The third-order valence-corrected chi connectivity index (χ3v) is 3.85. The van der Waals surface area contributed by atoms with Crippen molar-refractivity contribution in [1.29, 1.82) is 0 Å². The molecule has 2 aliphatic rings. The summed E-state index contributed by atoms with van der Waals surface area (Å²) in [4.78, 5) is 0. The van der Waals surface area contributed by atoms with E-state index in [4.69, 9.17) is 5.73 Å². The molecule has 2 rings (SSSR count). The first-order valence-corrected chi connectivity index (χ1v) is 5.85. The average Bonchev–Trinajstić information content (AvgIpc) is 2.58. The molecule has 76 valence electrons. The Hall–Kier alpha value is -0.0800. The van der Waals surface area contributed by atoms with Crippen LogP contribution < -0.4 is 11.1 Å². The number of nitrogens with one attached hydrogen (secondary N) is 1. The zero-order valence-electron chi connectivity index (χ0n) is 8.47. The summed E-state index contributed by atoms with van der Waals surface area (Å²) in [5.41, 5.74) is 5.55. The van der Waals surface area contributed by atoms with E-state index in [1.165, 1.54) is 45.1 Å². The molecule has 3 N–H and O–H groups in total. The summed E-state index contributed by atoms with van der Waals surface area (Å²) in [7, 11) is 0. The van der Waals surface area contributed by atoms with E-state index in [1.54, 1.807) is 0 Å². The highest BCUT2D eigenvalue weighted by atomic mass is 15.0. The first-order valence-electron chi connectivity index (χ1n) is 5.85. The molecule has 3 atom stereocenters. The minimum atomic E-state index is 0.858. The highest BCUT2D eigenvalue weighted by molar-refractivity contribution is 4.92. The molecule has 0 amide bonds. The fourth-order valence-corrected chi connectivity index (χ4v) is 3.13. The standard InChI is InChI=1S/C11H22N2/c12-7-3-4-9-8-13-11-6-2-1-5-10(9)11/h9-11,13H,1-8,12H2. The van der Waals surface area contributed by atoms with Crippen LogP contribution in [0.15, 0.2) is 0 Å². The predicted molar refractivity (Wildman–Crippen MR) is 55.5 cm³/mol. The fraction of sp³-hybridized carbons (Fsp3) is 1.00. The van der Waals surface area contributed by atoms with Gasteiger partial charge in [-0.2, -0.15) is 0 Å². The van der Waals surface area contributed by atoms with Gasteiger partial charge in [0.2, 0.25) is 0 Å². The third kappa shape index (κ3) is 2.05. The molecule has 1 aliphatic heterocycles. The first kappa shape index (κ1) is 9.47. The minimum absolute atomic E-state index is 0.858. The second-order valence-electron chi connectivity index (χ2n) is 4.65. The molecule has 1 aliphatic carbocycles. The average molecular weight is 182 g/mol. The monoisotopic (exact) mass is 182 g/mol. The molecular weight excluding hydrogens is 160 g/mol. The number of hydrogen-bond donors (Lipinski definition) is 2. The van der Waals surface area contributed by atoms with E-state index < -0.39 is 0 Å². The van der Waals surface area contributed by atoms with Crippen molar-refractivity contribution >= 4 is 0 Å². The molecule has 0 aromatic carbocycles. The number of nitrogens with two attached hydrogens (primary N) is 1. The predicted octanol–water partition coefficient (Wildman–Crippen LogP) is 1.50. The Labute approximate surface area is 81.3 Å². The Bertz CT molecular complexity index is 158. The molecule has 2 heteroatoms. The maximum Gasteiger partial charge on any atom is 0.00985 e. The SMILES string of the molecule is NCCCC1CNC2CCCCC12. The number of rotatable bonds is 3. The summed E-state index contributed by atoms with van der Waals surface area (Å²) >= 11 is 0. The summed E-state index contributed by atoms with van der Waals surface area (Å²) < 4.78 is 0. The van der Waals surface area contributed by atoms with Crippen LogP contribution in [-0.4, -0.2) is 19.1 Å². The van der Waals surface area contributed by atoms with Gasteiger partial charge in [0.1, 0.15) is 0 Å². The Kier molecular flexibility index (Phi) is 3.23. The second kappa shape index (κ2) is 4.43. The first-order chi connectivity index (χ1) is 6.42. The lowest BCUT2D eigenvalue weighted by Gasteiger charge is -2.28. The van der Waals surface area contributed by atoms with Crippen LogP contribution in [0.4, 0.5) is 0 Å². The van der Waals surface area contributed by atoms with Gasteiger partial charge >= 0.3 is 0 Å². The summed E-state index contributed by atoms with van der Waals surface area (Å²) in [6.45, 7) is 2.13. The van der Waals surface area contributed by atoms with Gasteiger partial charge in [-0.25, -0.2) is 0 Å².